The second-order valence-electron chi connectivity index (χ2n) is 7.39. The molecule has 1 aliphatic rings. The summed E-state index contributed by atoms with van der Waals surface area (Å²) in [6.07, 6.45) is 1.89. The van der Waals surface area contributed by atoms with Gasteiger partial charge >= 0.3 is 0 Å². The van der Waals surface area contributed by atoms with Gasteiger partial charge in [0, 0.05) is 16.4 Å². The molecular formula is C25H24ClN3O3S. The number of hydrogen-bond acceptors (Lipinski definition) is 5. The number of rotatable bonds is 6. The van der Waals surface area contributed by atoms with Crippen LogP contribution in [0.25, 0.3) is 11.8 Å². The smallest absolute Gasteiger partial charge is 0.264 e. The third-order valence-electron chi connectivity index (χ3n) is 5.17. The summed E-state index contributed by atoms with van der Waals surface area (Å²) in [5, 5.41) is 4.01. The van der Waals surface area contributed by atoms with E-state index in [1.807, 2.05) is 69.3 Å². The number of ether oxygens (including phenoxy) is 2. The molecule has 1 saturated heterocycles. The van der Waals surface area contributed by atoms with E-state index in [2.05, 4.69) is 14.9 Å². The van der Waals surface area contributed by atoms with E-state index < -0.39 is 0 Å². The first-order valence-electron chi connectivity index (χ1n) is 10.4. The molecule has 8 heteroatoms. The molecule has 2 aromatic carbocycles. The monoisotopic (exact) mass is 481 g/mol. The van der Waals surface area contributed by atoms with Gasteiger partial charge in [0.05, 0.1) is 30.0 Å². The van der Waals surface area contributed by atoms with Gasteiger partial charge in [0.25, 0.3) is 5.91 Å². The molecule has 0 aliphatic carbocycles. The highest BCUT2D eigenvalue weighted by Crippen LogP contribution is 2.33. The van der Waals surface area contributed by atoms with Gasteiger partial charge in [0.1, 0.15) is 11.5 Å². The van der Waals surface area contributed by atoms with E-state index in [4.69, 9.17) is 21.1 Å². The van der Waals surface area contributed by atoms with Crippen molar-refractivity contribution in [3.8, 4) is 17.2 Å². The fourth-order valence-electron chi connectivity index (χ4n) is 3.66. The minimum atomic E-state index is -0.171. The van der Waals surface area contributed by atoms with E-state index in [0.717, 1.165) is 39.8 Å². The zero-order valence-corrected chi connectivity index (χ0v) is 20.4. The number of nitrogens with zero attached hydrogens (tertiary/aromatic N) is 2. The summed E-state index contributed by atoms with van der Waals surface area (Å²) in [5.41, 5.74) is 4.52. The maximum Gasteiger partial charge on any atom is 0.264 e. The van der Waals surface area contributed by atoms with Crippen LogP contribution in [0.2, 0.25) is 5.02 Å². The SMILES string of the molecule is CCOc1ccc(N=C2NC(=O)/C(=C\c3cc(C)n(-c4cc(Cl)ccc4OC)c3C)S2)cc1. The largest absolute Gasteiger partial charge is 0.495 e. The summed E-state index contributed by atoms with van der Waals surface area (Å²) in [4.78, 5) is 17.7. The molecule has 0 unspecified atom stereocenters. The van der Waals surface area contributed by atoms with Gasteiger partial charge in [0.2, 0.25) is 0 Å². The number of nitrogens with one attached hydrogen (secondary N) is 1. The maximum absolute atomic E-state index is 12.6. The number of halogens is 1. The van der Waals surface area contributed by atoms with Crippen LogP contribution in [0.4, 0.5) is 5.69 Å². The average Bonchev–Trinajstić information content (AvgIpc) is 3.27. The predicted octanol–water partition coefficient (Wildman–Crippen LogP) is 6.05. The number of carbonyl (C=O) groups excluding carboxylic acids is 1. The second-order valence-corrected chi connectivity index (χ2v) is 8.85. The molecule has 33 heavy (non-hydrogen) atoms. The number of aromatic nitrogens is 1. The quantitative estimate of drug-likeness (QED) is 0.435. The molecule has 0 radical (unpaired) electrons. The number of aliphatic imine (C=N–C) groups is 1. The topological polar surface area (TPSA) is 64.8 Å². The van der Waals surface area contributed by atoms with Crippen LogP contribution in [0, 0.1) is 13.8 Å². The van der Waals surface area contributed by atoms with Crippen molar-refractivity contribution in [2.75, 3.05) is 13.7 Å². The van der Waals surface area contributed by atoms with Gasteiger partial charge in [-0.3, -0.25) is 4.79 Å². The maximum atomic E-state index is 12.6. The van der Waals surface area contributed by atoms with Crippen LogP contribution >= 0.6 is 23.4 Å². The Morgan fingerprint density at radius 1 is 1.15 bits per heavy atom. The highest BCUT2D eigenvalue weighted by atomic mass is 35.5. The van der Waals surface area contributed by atoms with Crippen LogP contribution in [0.15, 0.2) is 58.4 Å². The Hall–Kier alpha value is -3.16. The molecule has 0 bridgehead atoms. The Balaban J connectivity index is 1.62. The Labute approximate surface area is 202 Å². The molecule has 1 aliphatic heterocycles. The lowest BCUT2D eigenvalue weighted by Crippen LogP contribution is -2.19. The molecule has 1 fully saturated rings. The Morgan fingerprint density at radius 2 is 1.91 bits per heavy atom. The number of carbonyl (C=O) groups is 1. The number of aryl methyl sites for hydroxylation is 1. The molecule has 0 atom stereocenters. The van der Waals surface area contributed by atoms with Crippen LogP contribution in [-0.2, 0) is 4.79 Å². The molecule has 1 amide bonds. The van der Waals surface area contributed by atoms with Crippen molar-refractivity contribution >= 4 is 46.2 Å². The van der Waals surface area contributed by atoms with Gasteiger partial charge in [-0.1, -0.05) is 11.6 Å². The summed E-state index contributed by atoms with van der Waals surface area (Å²) >= 11 is 7.56. The highest BCUT2D eigenvalue weighted by molar-refractivity contribution is 8.18. The first-order valence-corrected chi connectivity index (χ1v) is 11.6. The van der Waals surface area contributed by atoms with Gasteiger partial charge in [-0.25, -0.2) is 4.99 Å². The Morgan fingerprint density at radius 3 is 2.61 bits per heavy atom. The third-order valence-corrected chi connectivity index (χ3v) is 6.31. The summed E-state index contributed by atoms with van der Waals surface area (Å²) in [6, 6.07) is 15.0. The van der Waals surface area contributed by atoms with E-state index in [-0.39, 0.29) is 5.91 Å². The molecule has 0 spiro atoms. The molecule has 4 rings (SSSR count). The number of hydrogen-bond donors (Lipinski definition) is 1. The summed E-state index contributed by atoms with van der Waals surface area (Å²) in [7, 11) is 1.63. The zero-order chi connectivity index (χ0) is 23.5. The van der Waals surface area contributed by atoms with Gasteiger partial charge < -0.3 is 19.4 Å². The number of benzene rings is 2. The fraction of sp³-hybridized carbons (Fsp3) is 0.200. The molecule has 1 N–H and O–H groups in total. The molecule has 170 valence electrons. The number of amides is 1. The number of methoxy groups -OCH3 is 1. The molecule has 2 heterocycles. The summed E-state index contributed by atoms with van der Waals surface area (Å²) < 4.78 is 13.1. The molecular weight excluding hydrogens is 458 g/mol. The lowest BCUT2D eigenvalue weighted by atomic mass is 10.2. The van der Waals surface area contributed by atoms with E-state index >= 15 is 0 Å². The van der Waals surface area contributed by atoms with Crippen molar-refractivity contribution in [1.82, 2.24) is 9.88 Å². The fourth-order valence-corrected chi connectivity index (χ4v) is 4.66. The Kier molecular flexibility index (Phi) is 6.81. The summed E-state index contributed by atoms with van der Waals surface area (Å²) in [6.45, 7) is 6.57. The minimum Gasteiger partial charge on any atom is -0.495 e. The van der Waals surface area contributed by atoms with Crippen molar-refractivity contribution in [2.45, 2.75) is 20.8 Å². The first-order chi connectivity index (χ1) is 15.9. The van der Waals surface area contributed by atoms with Crippen LogP contribution in [0.1, 0.15) is 23.9 Å². The first kappa shape index (κ1) is 23.0. The van der Waals surface area contributed by atoms with Crippen molar-refractivity contribution in [2.24, 2.45) is 4.99 Å². The Bertz CT molecular complexity index is 1260. The number of amidine groups is 1. The third kappa shape index (κ3) is 4.94. The van der Waals surface area contributed by atoms with Crippen molar-refractivity contribution in [3.63, 3.8) is 0 Å². The predicted molar refractivity (Wildman–Crippen MR) is 135 cm³/mol. The standard InChI is InChI=1S/C25H24ClN3O3S/c1-5-32-20-9-7-19(8-10-20)27-25-28-24(30)23(33-25)13-17-12-15(2)29(16(17)3)21-14-18(26)6-11-22(21)31-4/h6-14H,5H2,1-4H3,(H,27,28,30)/b23-13+. The lowest BCUT2D eigenvalue weighted by molar-refractivity contribution is -0.115. The van der Waals surface area contributed by atoms with Crippen molar-refractivity contribution in [1.29, 1.82) is 0 Å². The van der Waals surface area contributed by atoms with E-state index in [1.54, 1.807) is 13.2 Å². The summed E-state index contributed by atoms with van der Waals surface area (Å²) in [5.74, 6) is 1.34. The van der Waals surface area contributed by atoms with E-state index in [9.17, 15) is 4.79 Å². The normalized spacial score (nSPS) is 15.8. The van der Waals surface area contributed by atoms with Gasteiger partial charge in [-0.2, -0.15) is 0 Å². The van der Waals surface area contributed by atoms with Crippen LogP contribution in [-0.4, -0.2) is 29.4 Å². The van der Waals surface area contributed by atoms with Gasteiger partial charge in [0.15, 0.2) is 5.17 Å². The van der Waals surface area contributed by atoms with Crippen molar-refractivity contribution in [3.05, 3.63) is 75.4 Å². The van der Waals surface area contributed by atoms with E-state index in [0.29, 0.717) is 21.7 Å². The minimum absolute atomic E-state index is 0.171. The number of thioether (sulfide) groups is 1. The highest BCUT2D eigenvalue weighted by Gasteiger charge is 2.25. The van der Waals surface area contributed by atoms with Crippen LogP contribution in [0.3, 0.4) is 0 Å². The zero-order valence-electron chi connectivity index (χ0n) is 18.8. The average molecular weight is 482 g/mol. The molecule has 6 nitrogen and oxygen atoms in total. The van der Waals surface area contributed by atoms with Gasteiger partial charge in [-0.05, 0) is 92.7 Å². The molecule has 0 saturated carbocycles. The van der Waals surface area contributed by atoms with Crippen LogP contribution < -0.4 is 14.8 Å². The van der Waals surface area contributed by atoms with Crippen LogP contribution in [0.5, 0.6) is 11.5 Å². The molecule has 1 aromatic heterocycles. The lowest BCUT2D eigenvalue weighted by Gasteiger charge is -2.14. The van der Waals surface area contributed by atoms with Crippen molar-refractivity contribution < 1.29 is 14.3 Å². The van der Waals surface area contributed by atoms with E-state index in [1.165, 1.54) is 11.8 Å². The van der Waals surface area contributed by atoms with Gasteiger partial charge in [-0.15, -0.1) is 0 Å². The molecule has 3 aromatic rings. The second kappa shape index (κ2) is 9.77.